The number of anilines is 1. The highest BCUT2D eigenvalue weighted by molar-refractivity contribution is 5.95. The van der Waals surface area contributed by atoms with Crippen molar-refractivity contribution < 1.29 is 18.7 Å². The third kappa shape index (κ3) is 3.32. The van der Waals surface area contributed by atoms with Gasteiger partial charge in [0, 0.05) is 18.7 Å². The molecule has 0 aromatic carbocycles. The van der Waals surface area contributed by atoms with Crippen molar-refractivity contribution in [3.8, 4) is 11.5 Å². The molecule has 1 saturated heterocycles. The number of carbonyl (C=O) groups excluding carboxylic acids is 1. The third-order valence-corrected chi connectivity index (χ3v) is 6.04. The van der Waals surface area contributed by atoms with E-state index in [9.17, 15) is 4.79 Å². The Kier molecular flexibility index (Phi) is 5.08. The van der Waals surface area contributed by atoms with Gasteiger partial charge in [-0.25, -0.2) is 4.98 Å². The second kappa shape index (κ2) is 7.89. The standard InChI is InChI=1S/C23H27N3O4/c1-15-7-6-10-20-24-21(18-11-12-19(30-18)23-28-13-14-29-23)22(25(15)20)26(16(2)27)17-8-4-3-5-9-17/h6-7,10-12,17,23H,3-5,8-9,13-14H2,1-2H3. The summed E-state index contributed by atoms with van der Waals surface area (Å²) in [6.07, 6.45) is 5.03. The summed E-state index contributed by atoms with van der Waals surface area (Å²) in [4.78, 5) is 19.7. The van der Waals surface area contributed by atoms with Gasteiger partial charge in [-0.05, 0) is 44.0 Å². The number of furan rings is 1. The fourth-order valence-corrected chi connectivity index (χ4v) is 4.67. The van der Waals surface area contributed by atoms with E-state index in [4.69, 9.17) is 18.9 Å². The molecule has 0 bridgehead atoms. The van der Waals surface area contributed by atoms with Gasteiger partial charge in [-0.2, -0.15) is 0 Å². The van der Waals surface area contributed by atoms with Gasteiger partial charge >= 0.3 is 0 Å². The predicted molar refractivity (Wildman–Crippen MR) is 112 cm³/mol. The normalized spacial score (nSPS) is 18.3. The molecule has 3 aromatic rings. The first kappa shape index (κ1) is 19.3. The molecule has 1 aliphatic carbocycles. The fraction of sp³-hybridized carbons (Fsp3) is 0.478. The van der Waals surface area contributed by atoms with Gasteiger partial charge in [0.15, 0.2) is 17.3 Å². The molecule has 7 heteroatoms. The first-order valence-corrected chi connectivity index (χ1v) is 10.7. The summed E-state index contributed by atoms with van der Waals surface area (Å²) < 4.78 is 19.3. The Morgan fingerprint density at radius 2 is 1.87 bits per heavy atom. The molecule has 0 spiro atoms. The zero-order chi connectivity index (χ0) is 20.7. The highest BCUT2D eigenvalue weighted by atomic mass is 16.7. The van der Waals surface area contributed by atoms with Crippen LogP contribution in [0.25, 0.3) is 17.1 Å². The summed E-state index contributed by atoms with van der Waals surface area (Å²) in [5.74, 6) is 2.05. The second-order valence-electron chi connectivity index (χ2n) is 8.10. The van der Waals surface area contributed by atoms with Gasteiger partial charge in [0.05, 0.1) is 13.2 Å². The first-order valence-electron chi connectivity index (χ1n) is 10.7. The maximum atomic E-state index is 12.9. The van der Waals surface area contributed by atoms with Crippen molar-refractivity contribution in [2.75, 3.05) is 18.1 Å². The maximum absolute atomic E-state index is 12.9. The van der Waals surface area contributed by atoms with Crippen LogP contribution in [0.15, 0.2) is 34.7 Å². The largest absolute Gasteiger partial charge is 0.454 e. The molecule has 158 valence electrons. The van der Waals surface area contributed by atoms with E-state index in [1.807, 2.05) is 42.2 Å². The fourth-order valence-electron chi connectivity index (χ4n) is 4.67. The summed E-state index contributed by atoms with van der Waals surface area (Å²) in [5.41, 5.74) is 2.50. The molecule has 0 atom stereocenters. The van der Waals surface area contributed by atoms with Crippen LogP contribution in [-0.2, 0) is 14.3 Å². The van der Waals surface area contributed by atoms with Gasteiger partial charge < -0.3 is 13.9 Å². The van der Waals surface area contributed by atoms with Crippen LogP contribution in [0, 0.1) is 6.92 Å². The van der Waals surface area contributed by atoms with Gasteiger partial charge in [0.25, 0.3) is 0 Å². The van der Waals surface area contributed by atoms with E-state index >= 15 is 0 Å². The SMILES string of the molecule is CC(=O)N(c1c(-c2ccc(C3OCCO3)o2)nc2cccc(C)n12)C1CCCCC1. The summed E-state index contributed by atoms with van der Waals surface area (Å²) >= 11 is 0. The van der Waals surface area contributed by atoms with Crippen LogP contribution in [0.1, 0.15) is 56.8 Å². The summed E-state index contributed by atoms with van der Waals surface area (Å²) in [5, 5.41) is 0. The number of pyridine rings is 1. The maximum Gasteiger partial charge on any atom is 0.225 e. The van der Waals surface area contributed by atoms with Gasteiger partial charge in [-0.15, -0.1) is 0 Å². The van der Waals surface area contributed by atoms with Crippen LogP contribution in [0.2, 0.25) is 0 Å². The molecule has 1 saturated carbocycles. The molecule has 2 aliphatic rings. The molecule has 0 radical (unpaired) electrons. The highest BCUT2D eigenvalue weighted by Gasteiger charge is 2.32. The Bertz CT molecular complexity index is 1060. The van der Waals surface area contributed by atoms with Gasteiger partial charge in [-0.3, -0.25) is 14.1 Å². The number of hydrogen-bond donors (Lipinski definition) is 0. The second-order valence-corrected chi connectivity index (χ2v) is 8.10. The van der Waals surface area contributed by atoms with Crippen LogP contribution in [0.4, 0.5) is 5.82 Å². The molecule has 4 heterocycles. The van der Waals surface area contributed by atoms with Gasteiger partial charge in [0.2, 0.25) is 12.2 Å². The topological polar surface area (TPSA) is 69.2 Å². The molecule has 7 nitrogen and oxygen atoms in total. The van der Waals surface area contributed by atoms with Crippen molar-refractivity contribution >= 4 is 17.4 Å². The van der Waals surface area contributed by atoms with Gasteiger partial charge in [0.1, 0.15) is 11.3 Å². The lowest BCUT2D eigenvalue weighted by Crippen LogP contribution is -2.41. The summed E-state index contributed by atoms with van der Waals surface area (Å²) in [7, 11) is 0. The summed E-state index contributed by atoms with van der Waals surface area (Å²) in [6.45, 7) is 4.79. The third-order valence-electron chi connectivity index (χ3n) is 6.04. The van der Waals surface area contributed by atoms with E-state index in [-0.39, 0.29) is 11.9 Å². The zero-order valence-corrected chi connectivity index (χ0v) is 17.5. The zero-order valence-electron chi connectivity index (χ0n) is 17.5. The molecular weight excluding hydrogens is 382 g/mol. The Morgan fingerprint density at radius 1 is 1.10 bits per heavy atom. The van der Waals surface area contributed by atoms with E-state index in [1.54, 1.807) is 6.92 Å². The van der Waals surface area contributed by atoms with Crippen molar-refractivity contribution in [1.29, 1.82) is 0 Å². The van der Waals surface area contributed by atoms with Crippen molar-refractivity contribution in [2.24, 2.45) is 0 Å². The lowest BCUT2D eigenvalue weighted by Gasteiger charge is -2.33. The van der Waals surface area contributed by atoms with Crippen molar-refractivity contribution in [2.45, 2.75) is 58.3 Å². The number of rotatable bonds is 4. The molecule has 0 N–H and O–H groups in total. The molecule has 5 rings (SSSR count). The Morgan fingerprint density at radius 3 is 2.60 bits per heavy atom. The molecule has 0 unspecified atom stereocenters. The number of aromatic nitrogens is 2. The Hall–Kier alpha value is -2.64. The molecule has 1 aliphatic heterocycles. The number of ether oxygens (including phenoxy) is 2. The van der Waals surface area contributed by atoms with Crippen molar-refractivity contribution in [1.82, 2.24) is 9.38 Å². The minimum Gasteiger partial charge on any atom is -0.454 e. The Balaban J connectivity index is 1.66. The van der Waals surface area contributed by atoms with E-state index in [1.165, 1.54) is 6.42 Å². The first-order chi connectivity index (χ1) is 14.6. The minimum absolute atomic E-state index is 0.0300. The van der Waals surface area contributed by atoms with Crippen molar-refractivity contribution in [3.05, 3.63) is 41.8 Å². The number of aryl methyl sites for hydroxylation is 1. The Labute approximate surface area is 175 Å². The molecule has 1 amide bonds. The van der Waals surface area contributed by atoms with E-state index in [2.05, 4.69) is 4.40 Å². The smallest absolute Gasteiger partial charge is 0.225 e. The summed E-state index contributed by atoms with van der Waals surface area (Å²) in [6, 6.07) is 9.91. The van der Waals surface area contributed by atoms with Gasteiger partial charge in [-0.1, -0.05) is 25.3 Å². The van der Waals surface area contributed by atoms with E-state index in [0.717, 1.165) is 42.8 Å². The lowest BCUT2D eigenvalue weighted by atomic mass is 9.94. The van der Waals surface area contributed by atoms with Crippen LogP contribution in [-0.4, -0.2) is 34.5 Å². The van der Waals surface area contributed by atoms with Crippen LogP contribution >= 0.6 is 0 Å². The van der Waals surface area contributed by atoms with Crippen LogP contribution in [0.5, 0.6) is 0 Å². The number of nitrogens with zero attached hydrogens (tertiary/aromatic N) is 3. The minimum atomic E-state index is -0.483. The van der Waals surface area contributed by atoms with Crippen LogP contribution < -0.4 is 4.90 Å². The quantitative estimate of drug-likeness (QED) is 0.628. The number of hydrogen-bond acceptors (Lipinski definition) is 5. The monoisotopic (exact) mass is 409 g/mol. The van der Waals surface area contributed by atoms with Crippen LogP contribution in [0.3, 0.4) is 0 Å². The van der Waals surface area contributed by atoms with E-state index in [0.29, 0.717) is 30.4 Å². The molecule has 30 heavy (non-hydrogen) atoms. The van der Waals surface area contributed by atoms with Crippen molar-refractivity contribution in [3.63, 3.8) is 0 Å². The highest BCUT2D eigenvalue weighted by Crippen LogP contribution is 2.38. The van der Waals surface area contributed by atoms with E-state index < -0.39 is 6.29 Å². The molecule has 2 fully saturated rings. The number of amides is 1. The number of imidazole rings is 1. The molecule has 3 aromatic heterocycles. The predicted octanol–water partition coefficient (Wildman–Crippen LogP) is 4.63. The molecular formula is C23H27N3O4. The number of fused-ring (bicyclic) bond motifs is 1. The lowest BCUT2D eigenvalue weighted by molar-refractivity contribution is -0.117. The number of carbonyl (C=O) groups is 1. The average Bonchev–Trinajstić information content (AvgIpc) is 3.49. The average molecular weight is 409 g/mol.